The van der Waals surface area contributed by atoms with Gasteiger partial charge < -0.3 is 10.2 Å². The molecule has 0 fully saturated rings. The molecule has 0 unspecified atom stereocenters. The van der Waals surface area contributed by atoms with Crippen molar-refractivity contribution in [3.63, 3.8) is 0 Å². The van der Waals surface area contributed by atoms with Gasteiger partial charge >= 0.3 is 0 Å². The third kappa shape index (κ3) is 4.23. The van der Waals surface area contributed by atoms with Gasteiger partial charge in [0.05, 0.1) is 11.9 Å². The first-order chi connectivity index (χ1) is 12.6. The van der Waals surface area contributed by atoms with Crippen molar-refractivity contribution in [2.24, 2.45) is 12.2 Å². The van der Waals surface area contributed by atoms with Crippen molar-refractivity contribution >= 4 is 17.3 Å². The van der Waals surface area contributed by atoms with E-state index in [1.54, 1.807) is 7.05 Å². The van der Waals surface area contributed by atoms with E-state index in [-0.39, 0.29) is 6.61 Å². The van der Waals surface area contributed by atoms with Gasteiger partial charge in [-0.3, -0.25) is 4.79 Å². The molecule has 132 valence electrons. The fourth-order valence-corrected chi connectivity index (χ4v) is 2.05. The number of aromatic nitrogens is 5. The Morgan fingerprint density at radius 1 is 1.27 bits per heavy atom. The Kier molecular flexibility index (Phi) is 5.22. The molecular weight excluding hydrogens is 341 g/mol. The van der Waals surface area contributed by atoms with Gasteiger partial charge in [-0.1, -0.05) is 35.5 Å². The van der Waals surface area contributed by atoms with E-state index in [9.17, 15) is 9.18 Å². The first-order valence-corrected chi connectivity index (χ1v) is 7.53. The van der Waals surface area contributed by atoms with E-state index >= 15 is 0 Å². The summed E-state index contributed by atoms with van der Waals surface area (Å²) in [6.45, 7) is -0.348. The molecule has 10 heteroatoms. The molecule has 1 aromatic carbocycles. The van der Waals surface area contributed by atoms with Crippen molar-refractivity contribution in [2.45, 2.75) is 0 Å². The minimum absolute atomic E-state index is 0.348. The van der Waals surface area contributed by atoms with E-state index in [1.807, 2.05) is 30.3 Å². The van der Waals surface area contributed by atoms with E-state index in [0.717, 1.165) is 11.6 Å². The number of pyridine rings is 1. The van der Waals surface area contributed by atoms with Crippen molar-refractivity contribution in [3.05, 3.63) is 66.0 Å². The number of halogens is 1. The average molecular weight is 355 g/mol. The first kappa shape index (κ1) is 17.1. The number of aryl methyl sites for hydroxylation is 1. The predicted octanol–water partition coefficient (Wildman–Crippen LogP) is 1.15. The number of carbonyl (C=O) groups is 1. The van der Waals surface area contributed by atoms with Crippen molar-refractivity contribution in [1.82, 2.24) is 25.2 Å². The maximum Gasteiger partial charge on any atom is 0.265 e. The lowest BCUT2D eigenvalue weighted by molar-refractivity contribution is -0.120. The summed E-state index contributed by atoms with van der Waals surface area (Å²) in [7, 11) is 1.67. The van der Waals surface area contributed by atoms with Crippen LogP contribution in [0.25, 0.3) is 0 Å². The van der Waals surface area contributed by atoms with Crippen molar-refractivity contribution in [3.8, 4) is 0 Å². The van der Waals surface area contributed by atoms with Gasteiger partial charge in [0.1, 0.15) is 0 Å². The minimum Gasteiger partial charge on any atom is -0.385 e. The molecule has 0 spiro atoms. The highest BCUT2D eigenvalue weighted by Crippen LogP contribution is 2.08. The van der Waals surface area contributed by atoms with Crippen LogP contribution in [0.3, 0.4) is 0 Å². The SMILES string of the molecule is Cn1nnnc1/C(=N\OCC(=O)Nc1ccc(F)nc1)c1ccccc1. The second-order valence-corrected chi connectivity index (χ2v) is 5.12. The van der Waals surface area contributed by atoms with E-state index in [0.29, 0.717) is 17.2 Å². The van der Waals surface area contributed by atoms with E-state index in [1.165, 1.54) is 16.9 Å². The first-order valence-electron chi connectivity index (χ1n) is 7.53. The van der Waals surface area contributed by atoms with Crippen LogP contribution in [-0.2, 0) is 16.7 Å². The van der Waals surface area contributed by atoms with E-state index in [4.69, 9.17) is 4.84 Å². The summed E-state index contributed by atoms with van der Waals surface area (Å²) < 4.78 is 14.2. The summed E-state index contributed by atoms with van der Waals surface area (Å²) in [5, 5.41) is 17.8. The van der Waals surface area contributed by atoms with Gasteiger partial charge in [0.2, 0.25) is 11.8 Å². The van der Waals surface area contributed by atoms with Gasteiger partial charge in [-0.2, -0.15) is 4.39 Å². The lowest BCUT2D eigenvalue weighted by atomic mass is 10.1. The number of carbonyl (C=O) groups excluding carboxylic acids is 1. The Morgan fingerprint density at radius 3 is 2.73 bits per heavy atom. The van der Waals surface area contributed by atoms with Crippen molar-refractivity contribution in [2.75, 3.05) is 11.9 Å². The molecule has 3 rings (SSSR count). The maximum atomic E-state index is 12.8. The van der Waals surface area contributed by atoms with E-state index < -0.39 is 11.9 Å². The number of amides is 1. The molecule has 0 radical (unpaired) electrons. The summed E-state index contributed by atoms with van der Waals surface area (Å²) in [6.07, 6.45) is 1.21. The monoisotopic (exact) mass is 355 g/mol. The van der Waals surface area contributed by atoms with Gasteiger partial charge in [0.25, 0.3) is 5.91 Å². The summed E-state index contributed by atoms with van der Waals surface area (Å²) in [4.78, 5) is 20.5. The zero-order chi connectivity index (χ0) is 18.4. The number of oxime groups is 1. The Bertz CT molecular complexity index is 910. The van der Waals surface area contributed by atoms with Crippen LogP contribution in [0.4, 0.5) is 10.1 Å². The number of hydrogen-bond donors (Lipinski definition) is 1. The molecule has 0 aliphatic carbocycles. The molecule has 0 saturated carbocycles. The highest BCUT2D eigenvalue weighted by atomic mass is 19.1. The number of hydrogen-bond acceptors (Lipinski definition) is 7. The molecule has 0 aliphatic heterocycles. The van der Waals surface area contributed by atoms with Crippen LogP contribution in [-0.4, -0.2) is 43.4 Å². The Balaban J connectivity index is 1.70. The normalized spacial score (nSPS) is 11.2. The number of nitrogens with zero attached hydrogens (tertiary/aromatic N) is 6. The Morgan fingerprint density at radius 2 is 2.08 bits per heavy atom. The molecule has 1 N–H and O–H groups in total. The molecule has 3 aromatic rings. The quantitative estimate of drug-likeness (QED) is 0.404. The van der Waals surface area contributed by atoms with E-state index in [2.05, 4.69) is 31.0 Å². The molecule has 0 atom stereocenters. The van der Waals surface area contributed by atoms with Gasteiger partial charge in [-0.25, -0.2) is 9.67 Å². The third-order valence-corrected chi connectivity index (χ3v) is 3.24. The summed E-state index contributed by atoms with van der Waals surface area (Å²) in [5.41, 5.74) is 1.47. The highest BCUT2D eigenvalue weighted by molar-refractivity contribution is 6.10. The molecule has 9 nitrogen and oxygen atoms in total. The topological polar surface area (TPSA) is 107 Å². The zero-order valence-corrected chi connectivity index (χ0v) is 13.7. The van der Waals surface area contributed by atoms with Crippen LogP contribution in [0, 0.1) is 5.95 Å². The molecule has 2 heterocycles. The summed E-state index contributed by atoms with van der Waals surface area (Å²) in [5.74, 6) is -0.710. The van der Waals surface area contributed by atoms with Gasteiger partial charge in [0.15, 0.2) is 12.3 Å². The van der Waals surface area contributed by atoms with Gasteiger partial charge in [0, 0.05) is 12.6 Å². The Labute approximate surface area is 147 Å². The molecule has 0 bridgehead atoms. The van der Waals surface area contributed by atoms with Crippen LogP contribution in [0.15, 0.2) is 53.8 Å². The fraction of sp³-hybridized carbons (Fsp3) is 0.125. The molecule has 0 aliphatic rings. The average Bonchev–Trinajstić information content (AvgIpc) is 3.07. The third-order valence-electron chi connectivity index (χ3n) is 3.24. The fourth-order valence-electron chi connectivity index (χ4n) is 2.05. The van der Waals surface area contributed by atoms with Crippen LogP contribution < -0.4 is 5.32 Å². The van der Waals surface area contributed by atoms with Crippen LogP contribution in [0.5, 0.6) is 0 Å². The summed E-state index contributed by atoms with van der Waals surface area (Å²) >= 11 is 0. The van der Waals surface area contributed by atoms with Crippen molar-refractivity contribution < 1.29 is 14.0 Å². The number of benzene rings is 1. The molecule has 0 saturated heterocycles. The lowest BCUT2D eigenvalue weighted by Gasteiger charge is -2.06. The predicted molar refractivity (Wildman–Crippen MR) is 89.7 cm³/mol. The maximum absolute atomic E-state index is 12.8. The number of anilines is 1. The Hall–Kier alpha value is -3.69. The smallest absolute Gasteiger partial charge is 0.265 e. The number of nitrogens with one attached hydrogen (secondary N) is 1. The second-order valence-electron chi connectivity index (χ2n) is 5.12. The van der Waals surface area contributed by atoms with Crippen LogP contribution in [0.1, 0.15) is 11.4 Å². The van der Waals surface area contributed by atoms with Crippen LogP contribution >= 0.6 is 0 Å². The number of tetrazole rings is 1. The summed E-state index contributed by atoms with van der Waals surface area (Å²) in [6, 6.07) is 11.7. The van der Waals surface area contributed by atoms with Crippen LogP contribution in [0.2, 0.25) is 0 Å². The highest BCUT2D eigenvalue weighted by Gasteiger charge is 2.15. The van der Waals surface area contributed by atoms with Gasteiger partial charge in [-0.15, -0.1) is 5.10 Å². The second kappa shape index (κ2) is 7.92. The standard InChI is InChI=1S/C16H14FN7O2/c1-24-16(20-22-23-24)15(11-5-3-2-4-6-11)21-26-10-14(25)19-12-7-8-13(17)18-9-12/h2-9H,10H2,1H3,(H,19,25)/b21-15-. The molecule has 26 heavy (non-hydrogen) atoms. The van der Waals surface area contributed by atoms with Gasteiger partial charge in [-0.05, 0) is 22.6 Å². The van der Waals surface area contributed by atoms with Crippen molar-refractivity contribution in [1.29, 1.82) is 0 Å². The molecule has 2 aromatic heterocycles. The molecule has 1 amide bonds. The lowest BCUT2D eigenvalue weighted by Crippen LogP contribution is -2.18. The molecular formula is C16H14FN7O2. The minimum atomic E-state index is -0.631. The largest absolute Gasteiger partial charge is 0.385 e. The number of rotatable bonds is 6. The zero-order valence-electron chi connectivity index (χ0n) is 13.7.